The maximum absolute atomic E-state index is 15.4. The number of nitrogens with zero attached hydrogens (tertiary/aromatic N) is 2. The zero-order valence-corrected chi connectivity index (χ0v) is 38.2. The van der Waals surface area contributed by atoms with Gasteiger partial charge in [0.15, 0.2) is 0 Å². The highest BCUT2D eigenvalue weighted by molar-refractivity contribution is 8.02. The lowest BCUT2D eigenvalue weighted by atomic mass is 9.95. The van der Waals surface area contributed by atoms with Gasteiger partial charge in [-0.15, -0.1) is 0 Å². The molecule has 1 aliphatic rings. The topological polar surface area (TPSA) is 93.2 Å². The van der Waals surface area contributed by atoms with E-state index >= 15 is 16.8 Å². The van der Waals surface area contributed by atoms with E-state index in [4.69, 9.17) is 9.39 Å². The Morgan fingerprint density at radius 1 is 0.521 bits per heavy atom. The molecule has 1 aliphatic heterocycles. The van der Waals surface area contributed by atoms with E-state index in [1.54, 1.807) is 66.7 Å². The van der Waals surface area contributed by atoms with Gasteiger partial charge in [0.05, 0.1) is 49.5 Å². The van der Waals surface area contributed by atoms with E-state index in [0.29, 0.717) is 10.5 Å². The van der Waals surface area contributed by atoms with Gasteiger partial charge >= 0.3 is 31.9 Å². The van der Waals surface area contributed by atoms with Crippen molar-refractivity contribution >= 4 is 45.1 Å². The number of rotatable bonds is 14. The number of alkyl halides is 12. The lowest BCUT2D eigenvalue weighted by Gasteiger charge is -2.29. The van der Waals surface area contributed by atoms with E-state index in [9.17, 15) is 52.7 Å². The van der Waals surface area contributed by atoms with Crippen LogP contribution in [0.25, 0.3) is 6.08 Å². The Bertz CT molecular complexity index is 2890. The zero-order valence-electron chi connectivity index (χ0n) is 35.8. The van der Waals surface area contributed by atoms with Crippen LogP contribution in [0.5, 0.6) is 0 Å². The van der Waals surface area contributed by atoms with Gasteiger partial charge in [-0.25, -0.2) is 16.8 Å². The van der Waals surface area contributed by atoms with Crippen LogP contribution in [0.15, 0.2) is 190 Å². The van der Waals surface area contributed by atoms with Crippen LogP contribution >= 0.6 is 11.8 Å². The molecule has 71 heavy (non-hydrogen) atoms. The molecule has 0 radical (unpaired) electrons. The lowest BCUT2D eigenvalue weighted by molar-refractivity contribution is -0.145. The molecule has 1 heterocycles. The Balaban J connectivity index is 1.56. The van der Waals surface area contributed by atoms with Crippen molar-refractivity contribution < 1.29 is 78.9 Å². The fourth-order valence-electron chi connectivity index (χ4n) is 7.35. The van der Waals surface area contributed by atoms with E-state index in [-0.39, 0.29) is 56.0 Å². The molecular weight excluding hydrogens is 1020 g/mol. The highest BCUT2D eigenvalue weighted by Gasteiger charge is 2.64. The van der Waals surface area contributed by atoms with E-state index in [1.165, 1.54) is 66.7 Å². The Labute approximate surface area is 403 Å². The third kappa shape index (κ3) is 12.1. The van der Waals surface area contributed by atoms with Gasteiger partial charge in [-0.05, 0) is 71.3 Å². The summed E-state index contributed by atoms with van der Waals surface area (Å²) in [6.45, 7) is -0.475. The van der Waals surface area contributed by atoms with Gasteiger partial charge in [-0.1, -0.05) is 127 Å². The summed E-state index contributed by atoms with van der Waals surface area (Å²) in [6, 6.07) is 23.7. The number of halogens is 12. The first-order chi connectivity index (χ1) is 33.3. The predicted octanol–water partition coefficient (Wildman–Crippen LogP) is 13.3. The smallest absolute Gasteiger partial charge is 0.504 e. The molecule has 0 spiro atoms. The minimum absolute atomic E-state index is 0.0929. The minimum Gasteiger partial charge on any atom is -0.504 e. The third-order valence-corrected chi connectivity index (χ3v) is 15.0. The summed E-state index contributed by atoms with van der Waals surface area (Å²) in [6.07, 6.45) is -19.5. The number of hydrogen-bond donors (Lipinski definition) is 0. The van der Waals surface area contributed by atoms with Crippen LogP contribution in [0.4, 0.5) is 52.7 Å². The zero-order chi connectivity index (χ0) is 51.6. The summed E-state index contributed by atoms with van der Waals surface area (Å²) in [5.74, 6) is -0.789. The van der Waals surface area contributed by atoms with Gasteiger partial charge in [0, 0.05) is 4.90 Å². The maximum Gasteiger partial charge on any atom is 0.580 e. The molecule has 0 bridgehead atoms. The van der Waals surface area contributed by atoms with Crippen LogP contribution in [0, 0.1) is 0 Å². The molecule has 6 aromatic carbocycles. The Morgan fingerprint density at radius 2 is 0.873 bits per heavy atom. The molecule has 372 valence electrons. The molecule has 6 aromatic rings. The van der Waals surface area contributed by atoms with E-state index in [0.717, 1.165) is 17.2 Å². The first-order valence-corrected chi connectivity index (χ1v) is 24.2. The summed E-state index contributed by atoms with van der Waals surface area (Å²) in [4.78, 5) is -2.99. The molecule has 24 heteroatoms. The Morgan fingerprint density at radius 3 is 1.24 bits per heavy atom. The molecule has 1 saturated heterocycles. The van der Waals surface area contributed by atoms with Crippen molar-refractivity contribution in [3.8, 4) is 0 Å². The van der Waals surface area contributed by atoms with Gasteiger partial charge in [0.2, 0.25) is 20.0 Å². The Hall–Kier alpha value is -6.21. The summed E-state index contributed by atoms with van der Waals surface area (Å²) in [7, 11) is -15.1. The number of hydrogen-bond acceptors (Lipinski definition) is 7. The fourth-order valence-corrected chi connectivity index (χ4v) is 11.5. The molecule has 0 aliphatic carbocycles. The third-order valence-electron chi connectivity index (χ3n) is 10.5. The molecule has 7 rings (SSSR count). The van der Waals surface area contributed by atoms with Crippen molar-refractivity contribution in [2.45, 2.75) is 51.5 Å². The lowest BCUT2D eigenvalue weighted by Crippen LogP contribution is -2.51. The summed E-state index contributed by atoms with van der Waals surface area (Å²) in [5, 5.41) is 1.08. The highest BCUT2D eigenvalue weighted by Crippen LogP contribution is 2.52. The summed E-state index contributed by atoms with van der Waals surface area (Å²) < 4.78 is 247. The molecule has 0 unspecified atom stereocenters. The second kappa shape index (κ2) is 20.5. The van der Waals surface area contributed by atoms with E-state index in [2.05, 4.69) is 0 Å². The largest absolute Gasteiger partial charge is 0.580 e. The van der Waals surface area contributed by atoms with Crippen molar-refractivity contribution in [2.24, 2.45) is 0 Å². The number of sulfonamides is 2. The summed E-state index contributed by atoms with van der Waals surface area (Å²) >= 11 is 0.818. The molecule has 8 nitrogen and oxygen atoms in total. The van der Waals surface area contributed by atoms with Crippen LogP contribution in [-0.2, 0) is 54.1 Å². The van der Waals surface area contributed by atoms with Gasteiger partial charge < -0.3 is 9.39 Å². The normalized spacial score (nSPS) is 17.0. The van der Waals surface area contributed by atoms with Gasteiger partial charge in [-0.3, -0.25) is 0 Å². The molecule has 0 saturated carbocycles. The second-order valence-corrected chi connectivity index (χ2v) is 19.9. The molecule has 0 amide bonds. The van der Waals surface area contributed by atoms with Gasteiger partial charge in [0.25, 0.3) is 5.95 Å². The van der Waals surface area contributed by atoms with Crippen LogP contribution in [0.1, 0.15) is 51.0 Å². The second-order valence-electron chi connectivity index (χ2n) is 15.3. The summed E-state index contributed by atoms with van der Waals surface area (Å²) in [5.41, 5.74) is -8.26. The van der Waals surface area contributed by atoms with Crippen LogP contribution in [-0.4, -0.2) is 39.1 Å². The van der Waals surface area contributed by atoms with Crippen LogP contribution < -0.4 is 0 Å². The molecular formula is C47H33BF12N2O6S3. The molecule has 2 atom stereocenters. The van der Waals surface area contributed by atoms with Crippen molar-refractivity contribution in [3.05, 3.63) is 214 Å². The van der Waals surface area contributed by atoms with Crippen molar-refractivity contribution in [1.82, 2.24) is 8.43 Å². The molecule has 1 fully saturated rings. The predicted molar refractivity (Wildman–Crippen MR) is 238 cm³/mol. The number of ether oxygens (including phenoxy) is 1. The molecule has 0 aromatic heterocycles. The van der Waals surface area contributed by atoms with E-state index in [1.807, 2.05) is 0 Å². The standard InChI is InChI=1S/C47H33BF12N2O6S3/c49-44(50,51)34-24-35(45(52,53)54)27-39(26-34)70(63,64)61-42(32-17-7-2-8-18-32)43(33-19-9-3-10-20-33)62(71(65,66)40-28-36(46(55,56)57)25-37(29-40)47(58,59)60)48(61)68-41(30-69-38-21-11-4-12-22-38)67-23-13-16-31-14-5-1-6-15-31/h1-22,24-30,42-43H,23H2/b16-13+,41-30+/t42-,43-/m0/s1. The monoisotopic (exact) mass is 1060 g/mol. The van der Waals surface area contributed by atoms with Crippen molar-refractivity contribution in [3.63, 3.8) is 0 Å². The average Bonchev–Trinajstić information content (AvgIpc) is 3.68. The fraction of sp³-hybridized carbons (Fsp3) is 0.149. The Kier molecular flexibility index (Phi) is 15.2. The van der Waals surface area contributed by atoms with Crippen molar-refractivity contribution in [1.29, 1.82) is 0 Å². The van der Waals surface area contributed by atoms with Gasteiger partial charge in [-0.2, -0.15) is 61.1 Å². The first kappa shape index (κ1) is 52.6. The average molecular weight is 1060 g/mol. The van der Waals surface area contributed by atoms with Crippen molar-refractivity contribution in [2.75, 3.05) is 6.61 Å². The van der Waals surface area contributed by atoms with E-state index < -0.39 is 109 Å². The number of benzene rings is 6. The minimum atomic E-state index is -6.07. The quantitative estimate of drug-likeness (QED) is 0.0464. The SMILES string of the molecule is O=S(=O)(c1cc(C(F)(F)F)cc(C(F)(F)F)c1)N1B(O/C(=C/Sc2ccccc2)OC/C=C/c2ccccc2)N(S(=O)(=O)c2cc(C(F)(F)F)cc(C(F)(F)F)c2)[C@@H](c2ccccc2)[C@@H]1c1ccccc1. The first-order valence-electron chi connectivity index (χ1n) is 20.4. The highest BCUT2D eigenvalue weighted by atomic mass is 32.2. The van der Waals surface area contributed by atoms with Gasteiger partial charge in [0.1, 0.15) is 6.61 Å². The maximum atomic E-state index is 15.4. The van der Waals surface area contributed by atoms with Crippen LogP contribution in [0.2, 0.25) is 0 Å². The molecule has 0 N–H and O–H groups in total. The number of thioether (sulfide) groups is 1. The van der Waals surface area contributed by atoms with Crippen LogP contribution in [0.3, 0.4) is 0 Å².